The van der Waals surface area contributed by atoms with Crippen molar-refractivity contribution in [3.8, 4) is 6.07 Å². The molecule has 0 bridgehead atoms. The van der Waals surface area contributed by atoms with Crippen molar-refractivity contribution in [1.29, 1.82) is 5.26 Å². The van der Waals surface area contributed by atoms with Crippen molar-refractivity contribution in [3.63, 3.8) is 0 Å². The molecular weight excluding hydrogens is 218 g/mol. The van der Waals surface area contributed by atoms with E-state index >= 15 is 0 Å². The van der Waals surface area contributed by atoms with Crippen molar-refractivity contribution in [2.24, 2.45) is 0 Å². The van der Waals surface area contributed by atoms with Crippen LogP contribution in [-0.4, -0.2) is 22.5 Å². The molecule has 0 aliphatic carbocycles. The lowest BCUT2D eigenvalue weighted by atomic mass is 10.0. The summed E-state index contributed by atoms with van der Waals surface area (Å²) < 4.78 is 0. The Kier molecular flexibility index (Phi) is 3.92. The highest BCUT2D eigenvalue weighted by atomic mass is 32.1. The lowest BCUT2D eigenvalue weighted by molar-refractivity contribution is 0.152. The van der Waals surface area contributed by atoms with Gasteiger partial charge in [-0.05, 0) is 26.3 Å². The minimum atomic E-state index is 0.493. The van der Waals surface area contributed by atoms with E-state index in [1.807, 2.05) is 6.20 Å². The fourth-order valence-electron chi connectivity index (χ4n) is 2.15. The Bertz CT molecular complexity index is 380. The zero-order valence-corrected chi connectivity index (χ0v) is 10.5. The van der Waals surface area contributed by atoms with E-state index in [2.05, 4.69) is 22.9 Å². The Morgan fingerprint density at radius 1 is 1.62 bits per heavy atom. The highest BCUT2D eigenvalue weighted by Gasteiger charge is 2.19. The maximum Gasteiger partial charge on any atom is 0.107 e. The molecule has 1 unspecified atom stereocenters. The summed E-state index contributed by atoms with van der Waals surface area (Å²) in [6, 6.07) is 2.84. The van der Waals surface area contributed by atoms with E-state index in [0.29, 0.717) is 12.5 Å². The lowest BCUT2D eigenvalue weighted by Gasteiger charge is -2.32. The van der Waals surface area contributed by atoms with Crippen molar-refractivity contribution >= 4 is 11.3 Å². The zero-order chi connectivity index (χ0) is 11.4. The van der Waals surface area contributed by atoms with Crippen LogP contribution in [0, 0.1) is 11.3 Å². The van der Waals surface area contributed by atoms with E-state index in [1.165, 1.54) is 25.8 Å². The molecule has 1 saturated heterocycles. The molecule has 1 atom stereocenters. The molecule has 0 spiro atoms. The van der Waals surface area contributed by atoms with Crippen LogP contribution >= 0.6 is 11.3 Å². The summed E-state index contributed by atoms with van der Waals surface area (Å²) in [5.74, 6) is 0. The number of hydrogen-bond acceptors (Lipinski definition) is 4. The topological polar surface area (TPSA) is 39.9 Å². The fourth-order valence-corrected chi connectivity index (χ4v) is 3.03. The summed E-state index contributed by atoms with van der Waals surface area (Å²) in [6.45, 7) is 4.44. The standard InChI is InChI=1S/C12H17N3S/c1-10-4-2-3-7-15(10)9-12-14-8-11(16-12)5-6-13/h8,10H,2-5,7,9H2,1H3. The van der Waals surface area contributed by atoms with Gasteiger partial charge in [0.15, 0.2) is 0 Å². The highest BCUT2D eigenvalue weighted by molar-refractivity contribution is 7.11. The first kappa shape index (κ1) is 11.6. The Balaban J connectivity index is 1.94. The maximum absolute atomic E-state index is 8.61. The predicted molar refractivity (Wildman–Crippen MR) is 65.2 cm³/mol. The Hall–Kier alpha value is -0.920. The number of aromatic nitrogens is 1. The van der Waals surface area contributed by atoms with Crippen molar-refractivity contribution in [2.45, 2.75) is 45.2 Å². The number of rotatable bonds is 3. The predicted octanol–water partition coefficient (Wildman–Crippen LogP) is 2.58. The van der Waals surface area contributed by atoms with Crippen molar-refractivity contribution < 1.29 is 0 Å². The monoisotopic (exact) mass is 235 g/mol. The Labute approximate surface area is 101 Å². The number of nitrogens with zero attached hydrogens (tertiary/aromatic N) is 3. The van der Waals surface area contributed by atoms with Crippen molar-refractivity contribution in [1.82, 2.24) is 9.88 Å². The molecule has 1 aromatic heterocycles. The molecule has 1 aliphatic rings. The van der Waals surface area contributed by atoms with Crippen LogP contribution in [0.3, 0.4) is 0 Å². The second-order valence-corrected chi connectivity index (χ2v) is 5.57. The molecule has 0 saturated carbocycles. The molecule has 4 heteroatoms. The Morgan fingerprint density at radius 2 is 2.50 bits per heavy atom. The van der Waals surface area contributed by atoms with Crippen LogP contribution in [0.4, 0.5) is 0 Å². The summed E-state index contributed by atoms with van der Waals surface area (Å²) in [5.41, 5.74) is 0. The summed E-state index contributed by atoms with van der Waals surface area (Å²) in [6.07, 6.45) is 6.30. The van der Waals surface area contributed by atoms with E-state index in [1.54, 1.807) is 11.3 Å². The van der Waals surface area contributed by atoms with Gasteiger partial charge < -0.3 is 0 Å². The number of piperidine rings is 1. The van der Waals surface area contributed by atoms with Gasteiger partial charge in [0.1, 0.15) is 5.01 Å². The molecule has 1 fully saturated rings. The van der Waals surface area contributed by atoms with E-state index < -0.39 is 0 Å². The van der Waals surface area contributed by atoms with Gasteiger partial charge in [0.25, 0.3) is 0 Å². The maximum atomic E-state index is 8.61. The van der Waals surface area contributed by atoms with Gasteiger partial charge in [-0.1, -0.05) is 6.42 Å². The van der Waals surface area contributed by atoms with Crippen LogP contribution in [0.25, 0.3) is 0 Å². The molecule has 0 radical (unpaired) electrons. The van der Waals surface area contributed by atoms with Crippen molar-refractivity contribution in [3.05, 3.63) is 16.1 Å². The van der Waals surface area contributed by atoms with Gasteiger partial charge in [-0.25, -0.2) is 4.98 Å². The van der Waals surface area contributed by atoms with Gasteiger partial charge >= 0.3 is 0 Å². The third-order valence-electron chi connectivity index (χ3n) is 3.13. The normalized spacial score (nSPS) is 21.9. The van der Waals surface area contributed by atoms with Gasteiger partial charge in [0, 0.05) is 17.1 Å². The molecule has 0 amide bonds. The van der Waals surface area contributed by atoms with Crippen molar-refractivity contribution in [2.75, 3.05) is 6.54 Å². The second kappa shape index (κ2) is 5.42. The first-order valence-electron chi connectivity index (χ1n) is 5.84. The average molecular weight is 235 g/mol. The minimum Gasteiger partial charge on any atom is -0.294 e. The SMILES string of the molecule is CC1CCCCN1Cc1ncc(CC#N)s1. The third kappa shape index (κ3) is 2.81. The molecule has 16 heavy (non-hydrogen) atoms. The number of likely N-dealkylation sites (tertiary alicyclic amines) is 1. The largest absolute Gasteiger partial charge is 0.294 e. The number of thiazole rings is 1. The zero-order valence-electron chi connectivity index (χ0n) is 9.65. The molecule has 3 nitrogen and oxygen atoms in total. The molecule has 0 aromatic carbocycles. The number of hydrogen-bond donors (Lipinski definition) is 0. The molecule has 1 aromatic rings. The van der Waals surface area contributed by atoms with Crippen LogP contribution < -0.4 is 0 Å². The van der Waals surface area contributed by atoms with E-state index in [4.69, 9.17) is 5.26 Å². The highest BCUT2D eigenvalue weighted by Crippen LogP contribution is 2.21. The second-order valence-electron chi connectivity index (χ2n) is 4.37. The summed E-state index contributed by atoms with van der Waals surface area (Å²) in [5, 5.41) is 9.76. The molecule has 2 heterocycles. The Morgan fingerprint density at radius 3 is 3.25 bits per heavy atom. The summed E-state index contributed by atoms with van der Waals surface area (Å²) in [4.78, 5) is 7.97. The molecule has 0 N–H and O–H groups in total. The molecule has 2 rings (SSSR count). The molecule has 1 aliphatic heterocycles. The van der Waals surface area contributed by atoms with E-state index in [0.717, 1.165) is 16.4 Å². The minimum absolute atomic E-state index is 0.493. The van der Waals surface area contributed by atoms with Crippen LogP contribution in [0.15, 0.2) is 6.20 Å². The summed E-state index contributed by atoms with van der Waals surface area (Å²) >= 11 is 1.68. The van der Waals surface area contributed by atoms with Gasteiger partial charge in [-0.15, -0.1) is 11.3 Å². The van der Waals surface area contributed by atoms with Gasteiger partial charge in [0.05, 0.1) is 19.0 Å². The van der Waals surface area contributed by atoms with Crippen LogP contribution in [-0.2, 0) is 13.0 Å². The summed E-state index contributed by atoms with van der Waals surface area (Å²) in [7, 11) is 0. The quantitative estimate of drug-likeness (QED) is 0.808. The average Bonchev–Trinajstić information content (AvgIpc) is 2.70. The van der Waals surface area contributed by atoms with Crippen LogP contribution in [0.1, 0.15) is 36.1 Å². The molecular formula is C12H17N3S. The van der Waals surface area contributed by atoms with Gasteiger partial charge in [-0.3, -0.25) is 4.90 Å². The fraction of sp³-hybridized carbons (Fsp3) is 0.667. The van der Waals surface area contributed by atoms with Gasteiger partial charge in [-0.2, -0.15) is 5.26 Å². The van der Waals surface area contributed by atoms with Crippen LogP contribution in [0.2, 0.25) is 0 Å². The number of nitriles is 1. The third-order valence-corrected chi connectivity index (χ3v) is 4.12. The smallest absolute Gasteiger partial charge is 0.107 e. The van der Waals surface area contributed by atoms with E-state index in [9.17, 15) is 0 Å². The first-order valence-corrected chi connectivity index (χ1v) is 6.66. The lowest BCUT2D eigenvalue weighted by Crippen LogP contribution is -2.36. The molecule has 86 valence electrons. The first-order chi connectivity index (χ1) is 7.79. The van der Waals surface area contributed by atoms with E-state index in [-0.39, 0.29) is 0 Å². The van der Waals surface area contributed by atoms with Crippen LogP contribution in [0.5, 0.6) is 0 Å². The van der Waals surface area contributed by atoms with Gasteiger partial charge in [0.2, 0.25) is 0 Å².